The molecular weight excluding hydrogens is 495 g/mol. The molecule has 1 aromatic carbocycles. The number of hydrogen-bond acceptors (Lipinski definition) is 6. The van der Waals surface area contributed by atoms with Gasteiger partial charge < -0.3 is 20.1 Å². The van der Waals surface area contributed by atoms with Crippen molar-refractivity contribution in [3.8, 4) is 17.3 Å². The average molecular weight is 505 g/mol. The van der Waals surface area contributed by atoms with Crippen LogP contribution in [0.1, 0.15) is 20.8 Å². The van der Waals surface area contributed by atoms with Crippen molar-refractivity contribution in [1.29, 1.82) is 0 Å². The monoisotopic (exact) mass is 503 g/mol. The first-order chi connectivity index (χ1) is 15.1. The predicted molar refractivity (Wildman–Crippen MR) is 110 cm³/mol. The number of amides is 2. The Morgan fingerprint density at radius 2 is 1.88 bits per heavy atom. The second kappa shape index (κ2) is 8.08. The number of alkyl halides is 2. The van der Waals surface area contributed by atoms with Crippen molar-refractivity contribution in [3.63, 3.8) is 0 Å². The van der Waals surface area contributed by atoms with E-state index < -0.39 is 35.2 Å². The Kier molecular flexibility index (Phi) is 5.57. The minimum absolute atomic E-state index is 0.0557. The Labute approximate surface area is 193 Å². The summed E-state index contributed by atoms with van der Waals surface area (Å²) in [5.74, 6) is -2.66. The zero-order valence-corrected chi connectivity index (χ0v) is 18.0. The van der Waals surface area contributed by atoms with Crippen LogP contribution in [0, 0.1) is 0 Å². The second-order valence-electron chi connectivity index (χ2n) is 6.21. The van der Waals surface area contributed by atoms with E-state index >= 15 is 0 Å². The van der Waals surface area contributed by atoms with E-state index in [1.165, 1.54) is 25.4 Å². The normalized spacial score (nSPS) is 13.7. The van der Waals surface area contributed by atoms with Crippen molar-refractivity contribution in [2.24, 2.45) is 0 Å². The number of ether oxygens (including phenoxy) is 2. The van der Waals surface area contributed by atoms with E-state index in [0.29, 0.717) is 0 Å². The van der Waals surface area contributed by atoms with E-state index in [1.807, 2.05) is 0 Å². The first-order valence-electron chi connectivity index (χ1n) is 8.63. The molecule has 2 aromatic heterocycles. The number of nitrogens with zero attached hydrogens (tertiary/aromatic N) is 3. The quantitative estimate of drug-likeness (QED) is 0.552. The van der Waals surface area contributed by atoms with Crippen LogP contribution >= 0.6 is 34.8 Å². The summed E-state index contributed by atoms with van der Waals surface area (Å²) in [4.78, 5) is 29.6. The standard InChI is InChI=1S/C18H10Cl3F2N5O4/c1-24-17(30)12-13(8(20)5-10-14(12)32-18(22,23)31-10)26-16(29)9-6-11(21)27-28(9)15-7(19)3-2-4-25-15/h2-6H,1H3,(H,24,30)(H,26,29). The van der Waals surface area contributed by atoms with Crippen molar-refractivity contribution < 1.29 is 27.8 Å². The van der Waals surface area contributed by atoms with Crippen molar-refractivity contribution in [2.45, 2.75) is 6.29 Å². The summed E-state index contributed by atoms with van der Waals surface area (Å²) in [6.45, 7) is 0. The molecule has 32 heavy (non-hydrogen) atoms. The number of rotatable bonds is 4. The van der Waals surface area contributed by atoms with Crippen LogP contribution in [0.3, 0.4) is 0 Å². The smallest absolute Gasteiger partial charge is 0.395 e. The zero-order valence-electron chi connectivity index (χ0n) is 15.8. The average Bonchev–Trinajstić information content (AvgIpc) is 3.26. The third-order valence-electron chi connectivity index (χ3n) is 4.19. The highest BCUT2D eigenvalue weighted by Crippen LogP contribution is 2.49. The van der Waals surface area contributed by atoms with E-state index in [0.717, 1.165) is 10.7 Å². The number of carbonyl (C=O) groups is 2. The Morgan fingerprint density at radius 1 is 1.12 bits per heavy atom. The second-order valence-corrected chi connectivity index (χ2v) is 7.41. The van der Waals surface area contributed by atoms with Crippen LogP contribution in [0.15, 0.2) is 30.5 Å². The van der Waals surface area contributed by atoms with E-state index in [-0.39, 0.29) is 32.4 Å². The lowest BCUT2D eigenvalue weighted by atomic mass is 10.1. The molecule has 0 unspecified atom stereocenters. The molecule has 14 heteroatoms. The van der Waals surface area contributed by atoms with Crippen LogP contribution in [0.4, 0.5) is 14.5 Å². The summed E-state index contributed by atoms with van der Waals surface area (Å²) in [7, 11) is 1.26. The van der Waals surface area contributed by atoms with Gasteiger partial charge in [0.25, 0.3) is 11.8 Å². The van der Waals surface area contributed by atoms with Gasteiger partial charge in [0, 0.05) is 25.4 Å². The van der Waals surface area contributed by atoms with Crippen molar-refractivity contribution >= 4 is 52.3 Å². The van der Waals surface area contributed by atoms with Gasteiger partial charge in [0.2, 0.25) is 0 Å². The molecule has 2 amide bonds. The highest BCUT2D eigenvalue weighted by atomic mass is 35.5. The number of carbonyl (C=O) groups excluding carboxylic acids is 2. The third-order valence-corrected chi connectivity index (χ3v) is 4.97. The maximum Gasteiger partial charge on any atom is 0.586 e. The van der Waals surface area contributed by atoms with Crippen LogP contribution in [0.25, 0.3) is 5.82 Å². The first-order valence-corrected chi connectivity index (χ1v) is 9.77. The molecule has 0 bridgehead atoms. The Balaban J connectivity index is 1.79. The summed E-state index contributed by atoms with van der Waals surface area (Å²) >= 11 is 18.3. The summed E-state index contributed by atoms with van der Waals surface area (Å²) in [5.41, 5.74) is -0.891. The van der Waals surface area contributed by atoms with Gasteiger partial charge in [-0.15, -0.1) is 8.78 Å². The van der Waals surface area contributed by atoms with Crippen LogP contribution in [0.5, 0.6) is 11.5 Å². The highest BCUT2D eigenvalue weighted by molar-refractivity contribution is 6.36. The fraction of sp³-hybridized carbons (Fsp3) is 0.111. The molecule has 3 aromatic rings. The van der Waals surface area contributed by atoms with Crippen LogP contribution in [0.2, 0.25) is 15.2 Å². The number of nitrogens with one attached hydrogen (secondary N) is 2. The van der Waals surface area contributed by atoms with Gasteiger partial charge in [-0.05, 0) is 12.1 Å². The SMILES string of the molecule is CNC(=O)c1c(NC(=O)c2cc(Cl)nn2-c2ncccc2Cl)c(Cl)cc2c1OC(F)(F)O2. The number of fused-ring (bicyclic) bond motifs is 1. The molecule has 1 aliphatic heterocycles. The minimum Gasteiger partial charge on any atom is -0.395 e. The Hall–Kier alpha value is -3.15. The molecule has 166 valence electrons. The molecule has 0 saturated carbocycles. The van der Waals surface area contributed by atoms with E-state index in [4.69, 9.17) is 34.8 Å². The predicted octanol–water partition coefficient (Wildman–Crippen LogP) is 4.16. The van der Waals surface area contributed by atoms with Gasteiger partial charge in [0.1, 0.15) is 11.3 Å². The lowest BCUT2D eigenvalue weighted by Gasteiger charge is -2.15. The summed E-state index contributed by atoms with van der Waals surface area (Å²) in [6, 6.07) is 5.31. The molecule has 0 spiro atoms. The van der Waals surface area contributed by atoms with Crippen LogP contribution in [-0.2, 0) is 0 Å². The number of benzene rings is 1. The number of pyridine rings is 1. The van der Waals surface area contributed by atoms with Crippen LogP contribution < -0.4 is 20.1 Å². The maximum atomic E-state index is 13.6. The molecule has 3 heterocycles. The molecule has 0 fully saturated rings. The fourth-order valence-electron chi connectivity index (χ4n) is 2.90. The largest absolute Gasteiger partial charge is 0.586 e. The Bertz CT molecular complexity index is 1270. The molecule has 0 saturated heterocycles. The van der Waals surface area contributed by atoms with Gasteiger partial charge >= 0.3 is 6.29 Å². The maximum absolute atomic E-state index is 13.6. The van der Waals surface area contributed by atoms with E-state index in [9.17, 15) is 18.4 Å². The lowest BCUT2D eigenvalue weighted by molar-refractivity contribution is -0.286. The van der Waals surface area contributed by atoms with Gasteiger partial charge in [-0.3, -0.25) is 9.59 Å². The van der Waals surface area contributed by atoms with Gasteiger partial charge in [-0.1, -0.05) is 34.8 Å². The van der Waals surface area contributed by atoms with Gasteiger partial charge in [0.05, 0.1) is 15.7 Å². The van der Waals surface area contributed by atoms with Crippen LogP contribution in [-0.4, -0.2) is 39.9 Å². The van der Waals surface area contributed by atoms with Gasteiger partial charge in [-0.2, -0.15) is 5.10 Å². The fourth-order valence-corrected chi connectivity index (χ4v) is 3.53. The molecule has 1 aliphatic rings. The van der Waals surface area contributed by atoms with Gasteiger partial charge in [0.15, 0.2) is 22.5 Å². The van der Waals surface area contributed by atoms with E-state index in [1.54, 1.807) is 6.07 Å². The topological polar surface area (TPSA) is 107 Å². The summed E-state index contributed by atoms with van der Waals surface area (Å²) in [6.07, 6.45) is -2.59. The molecule has 4 rings (SSSR count). The lowest BCUT2D eigenvalue weighted by Crippen LogP contribution is -2.27. The zero-order chi connectivity index (χ0) is 23.2. The Morgan fingerprint density at radius 3 is 2.56 bits per heavy atom. The number of halogens is 5. The van der Waals surface area contributed by atoms with E-state index in [2.05, 4.69) is 30.2 Å². The van der Waals surface area contributed by atoms with Gasteiger partial charge in [-0.25, -0.2) is 9.67 Å². The highest BCUT2D eigenvalue weighted by Gasteiger charge is 2.46. The number of aromatic nitrogens is 3. The molecule has 0 atom stereocenters. The summed E-state index contributed by atoms with van der Waals surface area (Å²) < 4.78 is 37.1. The van der Waals surface area contributed by atoms with Crippen molar-refractivity contribution in [1.82, 2.24) is 20.1 Å². The van der Waals surface area contributed by atoms with Crippen molar-refractivity contribution in [3.05, 3.63) is 56.9 Å². The molecule has 0 aliphatic carbocycles. The van der Waals surface area contributed by atoms with Crippen molar-refractivity contribution in [2.75, 3.05) is 12.4 Å². The number of hydrogen-bond donors (Lipinski definition) is 2. The molecule has 0 radical (unpaired) electrons. The number of anilines is 1. The first kappa shape index (κ1) is 22.1. The summed E-state index contributed by atoms with van der Waals surface area (Å²) in [5, 5.41) is 8.54. The molecule has 9 nitrogen and oxygen atoms in total. The third kappa shape index (κ3) is 3.90. The minimum atomic E-state index is -4.01. The molecular formula is C18H10Cl3F2N5O4. The molecule has 2 N–H and O–H groups in total.